The number of benzene rings is 2. The summed E-state index contributed by atoms with van der Waals surface area (Å²) in [6, 6.07) is 21.0. The normalized spacial score (nSPS) is 10.0. The van der Waals surface area contributed by atoms with Crippen LogP contribution in [-0.4, -0.2) is 23.3 Å². The van der Waals surface area contributed by atoms with Crippen molar-refractivity contribution in [1.29, 1.82) is 5.26 Å². The molecule has 1 aromatic heterocycles. The van der Waals surface area contributed by atoms with Crippen LogP contribution in [-0.2, 0) is 0 Å². The van der Waals surface area contributed by atoms with Crippen LogP contribution in [0, 0.1) is 11.3 Å². The minimum atomic E-state index is -0.380. The van der Waals surface area contributed by atoms with Gasteiger partial charge in [0.2, 0.25) is 0 Å². The molecule has 0 bridgehead atoms. The van der Waals surface area contributed by atoms with Crippen molar-refractivity contribution in [2.75, 3.05) is 16.8 Å². The number of nitriles is 1. The number of para-hydroxylation sites is 1. The molecule has 0 aliphatic rings. The fourth-order valence-electron chi connectivity index (χ4n) is 2.75. The number of aromatic nitrogens is 1. The molecule has 0 fully saturated rings. The summed E-state index contributed by atoms with van der Waals surface area (Å²) in [4.78, 5) is 31.2. The van der Waals surface area contributed by atoms with Gasteiger partial charge in [0.15, 0.2) is 0 Å². The zero-order valence-corrected chi connectivity index (χ0v) is 15.3. The summed E-state index contributed by atoms with van der Waals surface area (Å²) in [7, 11) is 0. The summed E-state index contributed by atoms with van der Waals surface area (Å²) in [5.41, 5.74) is 2.21. The lowest BCUT2D eigenvalue weighted by Gasteiger charge is -2.20. The molecular weight excluding hydrogens is 352 g/mol. The first-order valence-electron chi connectivity index (χ1n) is 8.77. The number of hydrogen-bond donors (Lipinski definition) is 1. The van der Waals surface area contributed by atoms with E-state index in [-0.39, 0.29) is 17.5 Å². The number of carbonyl (C=O) groups is 2. The molecule has 3 aromatic rings. The number of anilines is 2. The quantitative estimate of drug-likeness (QED) is 0.739. The maximum absolute atomic E-state index is 12.9. The molecule has 2 aromatic carbocycles. The maximum atomic E-state index is 12.9. The number of amides is 2. The van der Waals surface area contributed by atoms with Gasteiger partial charge < -0.3 is 10.2 Å². The number of pyridine rings is 1. The standard InChI is InChI=1S/C22H18N4O2/c1-2-26(19-9-4-3-5-10-19)22(28)20-14-17(11-12-24-20)21(27)25-18-8-6-7-16(13-18)15-23/h3-14H,2H2,1H3,(H,25,27). The predicted molar refractivity (Wildman–Crippen MR) is 107 cm³/mol. The first-order valence-corrected chi connectivity index (χ1v) is 8.77. The third-order valence-electron chi connectivity index (χ3n) is 4.12. The second kappa shape index (κ2) is 8.60. The molecule has 0 unspecified atom stereocenters. The summed E-state index contributed by atoms with van der Waals surface area (Å²) < 4.78 is 0. The molecule has 6 nitrogen and oxygen atoms in total. The van der Waals surface area contributed by atoms with Crippen LogP contribution in [0.25, 0.3) is 0 Å². The van der Waals surface area contributed by atoms with Gasteiger partial charge in [0.05, 0.1) is 11.6 Å². The molecule has 2 amide bonds. The van der Waals surface area contributed by atoms with Crippen molar-refractivity contribution in [2.24, 2.45) is 0 Å². The van der Waals surface area contributed by atoms with Crippen LogP contribution >= 0.6 is 0 Å². The van der Waals surface area contributed by atoms with Crippen LogP contribution < -0.4 is 10.2 Å². The zero-order valence-electron chi connectivity index (χ0n) is 15.3. The van der Waals surface area contributed by atoms with Crippen molar-refractivity contribution < 1.29 is 9.59 Å². The molecule has 0 saturated carbocycles. The lowest BCUT2D eigenvalue weighted by molar-refractivity contribution is 0.0983. The van der Waals surface area contributed by atoms with Crippen molar-refractivity contribution >= 4 is 23.2 Å². The van der Waals surface area contributed by atoms with E-state index in [1.807, 2.05) is 43.3 Å². The molecule has 138 valence electrons. The summed E-state index contributed by atoms with van der Waals surface area (Å²) >= 11 is 0. The molecule has 1 N–H and O–H groups in total. The van der Waals surface area contributed by atoms with Crippen LogP contribution in [0.5, 0.6) is 0 Å². The average molecular weight is 370 g/mol. The molecule has 0 saturated heterocycles. The fraction of sp³-hybridized carbons (Fsp3) is 0.0909. The first kappa shape index (κ1) is 18.8. The number of carbonyl (C=O) groups excluding carboxylic acids is 2. The van der Waals surface area contributed by atoms with Gasteiger partial charge in [0.1, 0.15) is 5.69 Å². The first-order chi connectivity index (χ1) is 13.6. The van der Waals surface area contributed by atoms with Crippen LogP contribution in [0.3, 0.4) is 0 Å². The molecule has 28 heavy (non-hydrogen) atoms. The Labute approximate surface area is 163 Å². The lowest BCUT2D eigenvalue weighted by atomic mass is 10.1. The molecule has 0 aliphatic heterocycles. The van der Waals surface area contributed by atoms with Gasteiger partial charge in [-0.2, -0.15) is 5.26 Å². The highest BCUT2D eigenvalue weighted by Gasteiger charge is 2.19. The molecule has 0 atom stereocenters. The molecule has 0 radical (unpaired) electrons. The largest absolute Gasteiger partial charge is 0.322 e. The van der Waals surface area contributed by atoms with Gasteiger partial charge in [-0.3, -0.25) is 14.6 Å². The Balaban J connectivity index is 1.82. The molecule has 0 aliphatic carbocycles. The summed E-state index contributed by atoms with van der Waals surface area (Å²) in [5.74, 6) is -0.663. The Morgan fingerprint density at radius 1 is 1.07 bits per heavy atom. The third-order valence-corrected chi connectivity index (χ3v) is 4.12. The highest BCUT2D eigenvalue weighted by atomic mass is 16.2. The van der Waals surface area contributed by atoms with Crippen LogP contribution in [0.15, 0.2) is 72.9 Å². The van der Waals surface area contributed by atoms with E-state index in [1.165, 1.54) is 12.3 Å². The molecular formula is C22H18N4O2. The number of rotatable bonds is 5. The topological polar surface area (TPSA) is 86.1 Å². The van der Waals surface area contributed by atoms with Gasteiger partial charge in [-0.25, -0.2) is 0 Å². The van der Waals surface area contributed by atoms with Crippen molar-refractivity contribution in [3.8, 4) is 6.07 Å². The highest BCUT2D eigenvalue weighted by molar-refractivity contribution is 6.08. The smallest absolute Gasteiger partial charge is 0.276 e. The zero-order chi connectivity index (χ0) is 19.9. The van der Waals surface area contributed by atoms with Crippen molar-refractivity contribution in [3.63, 3.8) is 0 Å². The summed E-state index contributed by atoms with van der Waals surface area (Å²) in [6.45, 7) is 2.35. The number of nitrogens with one attached hydrogen (secondary N) is 1. The van der Waals surface area contributed by atoms with Crippen molar-refractivity contribution in [3.05, 3.63) is 89.7 Å². The summed E-state index contributed by atoms with van der Waals surface area (Å²) in [6.07, 6.45) is 1.44. The highest BCUT2D eigenvalue weighted by Crippen LogP contribution is 2.17. The Morgan fingerprint density at radius 2 is 1.86 bits per heavy atom. The van der Waals surface area contributed by atoms with Crippen molar-refractivity contribution in [2.45, 2.75) is 6.92 Å². The van der Waals surface area contributed by atoms with E-state index < -0.39 is 0 Å². The maximum Gasteiger partial charge on any atom is 0.276 e. The lowest BCUT2D eigenvalue weighted by Crippen LogP contribution is -2.31. The van der Waals surface area contributed by atoms with E-state index >= 15 is 0 Å². The minimum Gasteiger partial charge on any atom is -0.322 e. The van der Waals surface area contributed by atoms with Gasteiger partial charge in [-0.15, -0.1) is 0 Å². The Morgan fingerprint density at radius 3 is 2.57 bits per heavy atom. The SMILES string of the molecule is CCN(C(=O)c1cc(C(=O)Nc2cccc(C#N)c2)ccn1)c1ccccc1. The van der Waals surface area contributed by atoms with Gasteiger partial charge in [-0.1, -0.05) is 24.3 Å². The van der Waals surface area contributed by atoms with E-state index in [2.05, 4.69) is 10.3 Å². The molecule has 0 spiro atoms. The van der Waals surface area contributed by atoms with Gasteiger partial charge in [0.25, 0.3) is 11.8 Å². The second-order valence-corrected chi connectivity index (χ2v) is 5.96. The van der Waals surface area contributed by atoms with Crippen LogP contribution in [0.1, 0.15) is 33.3 Å². The summed E-state index contributed by atoms with van der Waals surface area (Å²) in [5, 5.41) is 11.7. The van der Waals surface area contributed by atoms with Gasteiger partial charge in [0, 0.05) is 29.7 Å². The Kier molecular flexibility index (Phi) is 5.78. The van der Waals surface area contributed by atoms with Gasteiger partial charge in [-0.05, 0) is 49.4 Å². The van der Waals surface area contributed by atoms with Crippen LogP contribution in [0.4, 0.5) is 11.4 Å². The predicted octanol–water partition coefficient (Wildman–Crippen LogP) is 3.87. The number of nitrogens with zero attached hydrogens (tertiary/aromatic N) is 3. The van der Waals surface area contributed by atoms with E-state index in [0.717, 1.165) is 5.69 Å². The molecule has 6 heteroatoms. The molecule has 1 heterocycles. The van der Waals surface area contributed by atoms with Crippen molar-refractivity contribution in [1.82, 2.24) is 4.98 Å². The average Bonchev–Trinajstić information content (AvgIpc) is 2.75. The van der Waals surface area contributed by atoms with Crippen LogP contribution in [0.2, 0.25) is 0 Å². The van der Waals surface area contributed by atoms with E-state index in [0.29, 0.717) is 23.4 Å². The van der Waals surface area contributed by atoms with E-state index in [1.54, 1.807) is 35.2 Å². The Hall–Kier alpha value is -3.98. The van der Waals surface area contributed by atoms with E-state index in [4.69, 9.17) is 5.26 Å². The minimum absolute atomic E-state index is 0.184. The third kappa shape index (κ3) is 4.22. The number of hydrogen-bond acceptors (Lipinski definition) is 4. The van der Waals surface area contributed by atoms with E-state index in [9.17, 15) is 9.59 Å². The second-order valence-electron chi connectivity index (χ2n) is 5.96. The Bertz CT molecular complexity index is 1040. The van der Waals surface area contributed by atoms with Gasteiger partial charge >= 0.3 is 0 Å². The fourth-order valence-corrected chi connectivity index (χ4v) is 2.75. The molecule has 3 rings (SSSR count). The monoisotopic (exact) mass is 370 g/mol.